The van der Waals surface area contributed by atoms with Gasteiger partial charge >= 0.3 is 5.97 Å². The van der Waals surface area contributed by atoms with Gasteiger partial charge in [0.25, 0.3) is 0 Å². The van der Waals surface area contributed by atoms with Crippen molar-refractivity contribution in [3.8, 4) is 11.1 Å². The van der Waals surface area contributed by atoms with Gasteiger partial charge in [0.1, 0.15) is 0 Å². The van der Waals surface area contributed by atoms with Crippen LogP contribution in [-0.4, -0.2) is 28.5 Å². The van der Waals surface area contributed by atoms with Crippen molar-refractivity contribution in [2.75, 3.05) is 11.1 Å². The van der Waals surface area contributed by atoms with Crippen LogP contribution in [0.1, 0.15) is 34.3 Å². The first-order valence-electron chi connectivity index (χ1n) is 11.7. The third kappa shape index (κ3) is 4.93. The number of fused-ring (bicyclic) bond motifs is 3. The molecule has 0 saturated heterocycles. The number of hydrogen-bond donors (Lipinski definition) is 2. The molecule has 0 heterocycles. The number of benzene rings is 3. The molecule has 2 unspecified atom stereocenters. The van der Waals surface area contributed by atoms with E-state index >= 15 is 0 Å². The fourth-order valence-corrected chi connectivity index (χ4v) is 5.68. The van der Waals surface area contributed by atoms with Gasteiger partial charge in [0.05, 0.1) is 17.6 Å². The van der Waals surface area contributed by atoms with Crippen molar-refractivity contribution in [1.29, 1.82) is 0 Å². The summed E-state index contributed by atoms with van der Waals surface area (Å²) in [7, 11) is 0. The van der Waals surface area contributed by atoms with Gasteiger partial charge in [0.2, 0.25) is 5.91 Å². The number of hydrogen-bond acceptors (Lipinski definition) is 4. The highest BCUT2D eigenvalue weighted by atomic mass is 32.2. The lowest BCUT2D eigenvalue weighted by Crippen LogP contribution is -2.34. The molecule has 0 saturated carbocycles. The number of rotatable bonds is 7. The molecule has 0 fully saturated rings. The Morgan fingerprint density at radius 3 is 2.46 bits per heavy atom. The molecule has 0 bridgehead atoms. The van der Waals surface area contributed by atoms with Crippen LogP contribution in [-0.2, 0) is 16.0 Å². The van der Waals surface area contributed by atoms with Crippen LogP contribution in [0.25, 0.3) is 11.1 Å². The Morgan fingerprint density at radius 2 is 1.63 bits per heavy atom. The predicted molar refractivity (Wildman–Crippen MR) is 138 cm³/mol. The maximum absolute atomic E-state index is 12.9. The van der Waals surface area contributed by atoms with E-state index in [1.54, 1.807) is 6.07 Å². The van der Waals surface area contributed by atoms with E-state index in [-0.39, 0.29) is 17.4 Å². The highest BCUT2D eigenvalue weighted by Crippen LogP contribution is 2.37. The lowest BCUT2D eigenvalue weighted by atomic mass is 9.82. The fourth-order valence-electron chi connectivity index (χ4n) is 4.83. The lowest BCUT2D eigenvalue weighted by molar-refractivity contribution is -0.146. The van der Waals surface area contributed by atoms with Crippen molar-refractivity contribution in [2.24, 2.45) is 11.8 Å². The number of aliphatic carboxylic acids is 1. The van der Waals surface area contributed by atoms with Gasteiger partial charge in [-0.05, 0) is 65.8 Å². The Labute approximate surface area is 208 Å². The van der Waals surface area contributed by atoms with Gasteiger partial charge in [0.15, 0.2) is 5.78 Å². The average Bonchev–Trinajstić information content (AvgIpc) is 3.25. The monoisotopic (exact) mass is 483 g/mol. The Bertz CT molecular complexity index is 1350. The molecule has 2 atom stereocenters. The SMILES string of the molecule is O=C(CSc1cccc(NC(=O)C2CC=CCC2C(=O)O)c1)c1ccc2c(c1)Cc1ccccc1-2. The van der Waals surface area contributed by atoms with Crippen LogP contribution in [0.5, 0.6) is 0 Å². The van der Waals surface area contributed by atoms with Crippen LogP contribution < -0.4 is 5.32 Å². The molecule has 5 nitrogen and oxygen atoms in total. The van der Waals surface area contributed by atoms with E-state index in [9.17, 15) is 19.5 Å². The van der Waals surface area contributed by atoms with Crippen LogP contribution in [0.4, 0.5) is 5.69 Å². The second-order valence-corrected chi connectivity index (χ2v) is 9.98. The zero-order chi connectivity index (χ0) is 24.4. The maximum Gasteiger partial charge on any atom is 0.307 e. The maximum atomic E-state index is 12.9. The molecule has 0 spiro atoms. The molecule has 3 aromatic rings. The van der Waals surface area contributed by atoms with E-state index < -0.39 is 17.8 Å². The van der Waals surface area contributed by atoms with Crippen LogP contribution in [0, 0.1) is 11.8 Å². The van der Waals surface area contributed by atoms with E-state index in [2.05, 4.69) is 17.4 Å². The number of carboxylic acids is 1. The number of thioether (sulfide) groups is 1. The largest absolute Gasteiger partial charge is 0.481 e. The fraction of sp³-hybridized carbons (Fsp3) is 0.207. The van der Waals surface area contributed by atoms with E-state index in [1.165, 1.54) is 34.0 Å². The van der Waals surface area contributed by atoms with Crippen molar-refractivity contribution in [3.05, 3.63) is 95.6 Å². The third-order valence-electron chi connectivity index (χ3n) is 6.67. The number of carbonyl (C=O) groups is 3. The van der Waals surface area contributed by atoms with Crippen LogP contribution in [0.3, 0.4) is 0 Å². The van der Waals surface area contributed by atoms with Gasteiger partial charge in [0, 0.05) is 16.1 Å². The number of anilines is 1. The Kier molecular flexibility index (Phi) is 6.55. The van der Waals surface area contributed by atoms with E-state index in [4.69, 9.17) is 0 Å². The molecule has 0 aliphatic heterocycles. The van der Waals surface area contributed by atoms with E-state index in [0.29, 0.717) is 24.1 Å². The van der Waals surface area contributed by atoms with Gasteiger partial charge in [-0.15, -0.1) is 11.8 Å². The molecular formula is C29H25NO4S. The first-order valence-corrected chi connectivity index (χ1v) is 12.6. The molecule has 2 aliphatic carbocycles. The summed E-state index contributed by atoms with van der Waals surface area (Å²) >= 11 is 1.42. The normalized spacial score (nSPS) is 17.9. The smallest absolute Gasteiger partial charge is 0.307 e. The van der Waals surface area contributed by atoms with Crippen LogP contribution in [0.2, 0.25) is 0 Å². The van der Waals surface area contributed by atoms with Crippen molar-refractivity contribution in [1.82, 2.24) is 0 Å². The Balaban J connectivity index is 1.21. The number of amides is 1. The van der Waals surface area contributed by atoms with Gasteiger partial charge in [-0.1, -0.05) is 54.6 Å². The number of ketones is 1. The van der Waals surface area contributed by atoms with Gasteiger partial charge in [-0.25, -0.2) is 0 Å². The van der Waals surface area contributed by atoms with E-state index in [0.717, 1.165) is 11.3 Å². The topological polar surface area (TPSA) is 83.5 Å². The van der Waals surface area contributed by atoms with Crippen LogP contribution in [0.15, 0.2) is 83.8 Å². The summed E-state index contributed by atoms with van der Waals surface area (Å²) in [4.78, 5) is 38.0. The Hall–Kier alpha value is -3.64. The molecule has 5 rings (SSSR count). The summed E-state index contributed by atoms with van der Waals surface area (Å²) in [6.45, 7) is 0. The summed E-state index contributed by atoms with van der Waals surface area (Å²) in [5, 5.41) is 12.3. The minimum atomic E-state index is -0.951. The zero-order valence-corrected chi connectivity index (χ0v) is 19.9. The molecule has 6 heteroatoms. The number of carbonyl (C=O) groups excluding carboxylic acids is 2. The molecule has 2 N–H and O–H groups in total. The first-order chi connectivity index (χ1) is 17.0. The summed E-state index contributed by atoms with van der Waals surface area (Å²) < 4.78 is 0. The number of nitrogens with one attached hydrogen (secondary N) is 1. The quantitative estimate of drug-likeness (QED) is 0.196. The molecule has 0 aromatic heterocycles. The number of carboxylic acid groups (broad SMARTS) is 1. The van der Waals surface area contributed by atoms with Crippen molar-refractivity contribution < 1.29 is 19.5 Å². The first kappa shape index (κ1) is 23.1. The summed E-state index contributed by atoms with van der Waals surface area (Å²) in [5.74, 6) is -2.21. The van der Waals surface area contributed by atoms with Gasteiger partial charge in [-0.2, -0.15) is 0 Å². The summed E-state index contributed by atoms with van der Waals surface area (Å²) in [6, 6.07) is 21.6. The molecule has 2 aliphatic rings. The van der Waals surface area contributed by atoms with Crippen LogP contribution >= 0.6 is 11.8 Å². The highest BCUT2D eigenvalue weighted by molar-refractivity contribution is 8.00. The van der Waals surface area contributed by atoms with Gasteiger partial charge in [-0.3, -0.25) is 14.4 Å². The standard InChI is InChI=1S/C29H25NO4S/c31-27(19-12-13-24-20(15-19)14-18-6-1-2-9-23(18)24)17-35-22-8-5-7-21(16-22)30-28(32)25-10-3-4-11-26(25)29(33)34/h1-9,12-13,15-16,25-26H,10-11,14,17H2,(H,30,32)(H,33,34). The molecule has 0 radical (unpaired) electrons. The third-order valence-corrected chi connectivity index (χ3v) is 7.67. The second-order valence-electron chi connectivity index (χ2n) is 8.93. The minimum Gasteiger partial charge on any atom is -0.481 e. The molecule has 176 valence electrons. The predicted octanol–water partition coefficient (Wildman–Crippen LogP) is 5.84. The molecule has 35 heavy (non-hydrogen) atoms. The average molecular weight is 484 g/mol. The Morgan fingerprint density at radius 1 is 0.857 bits per heavy atom. The second kappa shape index (κ2) is 9.92. The van der Waals surface area contributed by atoms with E-state index in [1.807, 2.05) is 60.7 Å². The van der Waals surface area contributed by atoms with Crippen molar-refractivity contribution in [3.63, 3.8) is 0 Å². The number of allylic oxidation sites excluding steroid dienone is 2. The zero-order valence-electron chi connectivity index (χ0n) is 19.1. The highest BCUT2D eigenvalue weighted by Gasteiger charge is 2.34. The summed E-state index contributed by atoms with van der Waals surface area (Å²) in [5.41, 5.74) is 6.23. The molecule has 1 amide bonds. The lowest BCUT2D eigenvalue weighted by Gasteiger charge is -2.24. The van der Waals surface area contributed by atoms with Crippen molar-refractivity contribution >= 4 is 35.1 Å². The van der Waals surface area contributed by atoms with Gasteiger partial charge < -0.3 is 10.4 Å². The molecule has 3 aromatic carbocycles. The molecular weight excluding hydrogens is 458 g/mol. The summed E-state index contributed by atoms with van der Waals surface area (Å²) in [6.07, 6.45) is 5.30. The minimum absolute atomic E-state index is 0.0569. The van der Waals surface area contributed by atoms with Crippen molar-refractivity contribution in [2.45, 2.75) is 24.2 Å². The number of Topliss-reactive ketones (excluding diaryl/α,β-unsaturated/α-hetero) is 1.